The topological polar surface area (TPSA) is 114 Å². The van der Waals surface area contributed by atoms with Crippen molar-refractivity contribution in [2.75, 3.05) is 11.9 Å². The third-order valence-corrected chi connectivity index (χ3v) is 4.29. The summed E-state index contributed by atoms with van der Waals surface area (Å²) in [7, 11) is 0. The van der Waals surface area contributed by atoms with Gasteiger partial charge >= 0.3 is 0 Å². The summed E-state index contributed by atoms with van der Waals surface area (Å²) in [5, 5.41) is 12.1. The van der Waals surface area contributed by atoms with Crippen LogP contribution in [0.25, 0.3) is 11.4 Å². The number of rotatable bonds is 5. The first-order valence-electron chi connectivity index (χ1n) is 9.07. The van der Waals surface area contributed by atoms with Gasteiger partial charge in [0.2, 0.25) is 17.6 Å². The smallest absolute Gasteiger partial charge is 0.274 e. The van der Waals surface area contributed by atoms with Gasteiger partial charge in [-0.3, -0.25) is 14.6 Å². The number of carbonyl (C=O) groups excluding carboxylic acids is 2. The molecule has 4 rings (SSSR count). The molecule has 29 heavy (non-hydrogen) atoms. The quantitative estimate of drug-likeness (QED) is 0.716. The van der Waals surface area contributed by atoms with Gasteiger partial charge in [-0.2, -0.15) is 10.1 Å². The van der Waals surface area contributed by atoms with Crippen LogP contribution in [0.2, 0.25) is 0 Å². The molecule has 0 aliphatic carbocycles. The van der Waals surface area contributed by atoms with E-state index in [1.54, 1.807) is 24.5 Å². The van der Waals surface area contributed by atoms with E-state index in [0.717, 1.165) is 10.6 Å². The Morgan fingerprint density at radius 3 is 2.93 bits per heavy atom. The fourth-order valence-corrected chi connectivity index (χ4v) is 2.89. The summed E-state index contributed by atoms with van der Waals surface area (Å²) in [6, 6.07) is 11.0. The predicted octanol–water partition coefficient (Wildman–Crippen LogP) is 2.41. The van der Waals surface area contributed by atoms with Gasteiger partial charge in [0.25, 0.3) is 5.89 Å². The maximum atomic E-state index is 12.3. The van der Waals surface area contributed by atoms with E-state index in [4.69, 9.17) is 4.52 Å². The molecule has 0 saturated heterocycles. The standard InChI is InChI=1S/C20H18N6O3/c1-13-4-2-6-15(10-13)22-17(27)12-26-18(28)8-7-16(24-26)20-23-19(25-29-20)14-5-3-9-21-11-14/h2-6,9-11H,7-8,12H2,1H3,(H,22,27). The van der Waals surface area contributed by atoms with Crippen molar-refractivity contribution >= 4 is 23.2 Å². The zero-order chi connectivity index (χ0) is 20.2. The van der Waals surface area contributed by atoms with Gasteiger partial charge < -0.3 is 9.84 Å². The van der Waals surface area contributed by atoms with Crippen LogP contribution >= 0.6 is 0 Å². The lowest BCUT2D eigenvalue weighted by molar-refractivity contribution is -0.135. The molecule has 9 heteroatoms. The molecule has 0 spiro atoms. The summed E-state index contributed by atoms with van der Waals surface area (Å²) >= 11 is 0. The van der Waals surface area contributed by atoms with Crippen molar-refractivity contribution in [2.45, 2.75) is 19.8 Å². The lowest BCUT2D eigenvalue weighted by atomic mass is 10.1. The number of nitrogens with zero attached hydrogens (tertiary/aromatic N) is 5. The van der Waals surface area contributed by atoms with Gasteiger partial charge in [0.05, 0.1) is 0 Å². The highest BCUT2D eigenvalue weighted by Crippen LogP contribution is 2.18. The van der Waals surface area contributed by atoms with Crippen molar-refractivity contribution in [2.24, 2.45) is 5.10 Å². The fraction of sp³-hybridized carbons (Fsp3) is 0.200. The highest BCUT2D eigenvalue weighted by atomic mass is 16.5. The third-order valence-electron chi connectivity index (χ3n) is 4.29. The van der Waals surface area contributed by atoms with Crippen LogP contribution in [-0.2, 0) is 9.59 Å². The molecule has 0 unspecified atom stereocenters. The number of carbonyl (C=O) groups is 2. The molecule has 9 nitrogen and oxygen atoms in total. The maximum Gasteiger partial charge on any atom is 0.274 e. The number of aromatic nitrogens is 3. The fourth-order valence-electron chi connectivity index (χ4n) is 2.89. The number of pyridine rings is 1. The molecule has 2 amide bonds. The highest BCUT2D eigenvalue weighted by molar-refractivity contribution is 6.02. The minimum atomic E-state index is -0.337. The first-order chi connectivity index (χ1) is 14.1. The van der Waals surface area contributed by atoms with Crippen molar-refractivity contribution in [1.82, 2.24) is 20.1 Å². The Labute approximate surface area is 166 Å². The van der Waals surface area contributed by atoms with Crippen LogP contribution in [0, 0.1) is 6.92 Å². The second-order valence-corrected chi connectivity index (χ2v) is 6.58. The summed E-state index contributed by atoms with van der Waals surface area (Å²) in [6.07, 6.45) is 3.86. The molecule has 1 aliphatic heterocycles. The van der Waals surface area contributed by atoms with Crippen molar-refractivity contribution in [1.29, 1.82) is 0 Å². The normalized spacial score (nSPS) is 13.9. The Hall–Kier alpha value is -3.88. The second kappa shape index (κ2) is 8.01. The summed E-state index contributed by atoms with van der Waals surface area (Å²) < 4.78 is 5.30. The number of nitrogens with one attached hydrogen (secondary N) is 1. The molecule has 1 aromatic carbocycles. The molecule has 1 N–H and O–H groups in total. The molecule has 3 heterocycles. The van der Waals surface area contributed by atoms with Gasteiger partial charge in [-0.05, 0) is 36.8 Å². The average molecular weight is 390 g/mol. The van der Waals surface area contributed by atoms with Crippen LogP contribution in [0.4, 0.5) is 5.69 Å². The maximum absolute atomic E-state index is 12.3. The van der Waals surface area contributed by atoms with Gasteiger partial charge in [0.1, 0.15) is 12.3 Å². The van der Waals surface area contributed by atoms with E-state index in [9.17, 15) is 9.59 Å². The van der Waals surface area contributed by atoms with Gasteiger partial charge in [-0.1, -0.05) is 17.3 Å². The van der Waals surface area contributed by atoms with Crippen molar-refractivity contribution in [3.8, 4) is 11.4 Å². The molecule has 1 aliphatic rings. The zero-order valence-corrected chi connectivity index (χ0v) is 15.7. The highest BCUT2D eigenvalue weighted by Gasteiger charge is 2.26. The number of aryl methyl sites for hydroxylation is 1. The van der Waals surface area contributed by atoms with Gasteiger partial charge in [-0.25, -0.2) is 5.01 Å². The molecule has 3 aromatic rings. The molecular weight excluding hydrogens is 372 g/mol. The molecule has 0 saturated carbocycles. The molecular formula is C20H18N6O3. The third kappa shape index (κ3) is 4.34. The van der Waals surface area contributed by atoms with E-state index in [1.165, 1.54) is 0 Å². The van der Waals surface area contributed by atoms with E-state index < -0.39 is 0 Å². The van der Waals surface area contributed by atoms with E-state index in [2.05, 4.69) is 25.5 Å². The molecule has 2 aromatic heterocycles. The number of amides is 2. The zero-order valence-electron chi connectivity index (χ0n) is 15.7. The number of anilines is 1. The van der Waals surface area contributed by atoms with E-state index in [1.807, 2.05) is 31.2 Å². The van der Waals surface area contributed by atoms with Crippen LogP contribution in [0.1, 0.15) is 24.3 Å². The number of hydrogen-bond acceptors (Lipinski definition) is 7. The van der Waals surface area contributed by atoms with E-state index in [0.29, 0.717) is 29.2 Å². The molecule has 0 bridgehead atoms. The summed E-state index contributed by atoms with van der Waals surface area (Å²) in [4.78, 5) is 32.9. The molecule has 0 atom stereocenters. The first kappa shape index (κ1) is 18.5. The lowest BCUT2D eigenvalue weighted by Gasteiger charge is -2.21. The average Bonchev–Trinajstić information content (AvgIpc) is 3.20. The van der Waals surface area contributed by atoms with Crippen molar-refractivity contribution < 1.29 is 14.1 Å². The Morgan fingerprint density at radius 2 is 2.14 bits per heavy atom. The van der Waals surface area contributed by atoms with Gasteiger partial charge in [-0.15, -0.1) is 0 Å². The molecule has 146 valence electrons. The monoisotopic (exact) mass is 390 g/mol. The molecule has 0 radical (unpaired) electrons. The minimum Gasteiger partial charge on any atom is -0.332 e. The largest absolute Gasteiger partial charge is 0.332 e. The van der Waals surface area contributed by atoms with Crippen molar-refractivity contribution in [3.63, 3.8) is 0 Å². The first-order valence-corrected chi connectivity index (χ1v) is 9.07. The van der Waals surface area contributed by atoms with Crippen LogP contribution in [0.15, 0.2) is 58.4 Å². The van der Waals surface area contributed by atoms with Gasteiger partial charge in [0.15, 0.2) is 0 Å². The number of hydrogen-bond donors (Lipinski definition) is 1. The Morgan fingerprint density at radius 1 is 1.24 bits per heavy atom. The Kier molecular flexibility index (Phi) is 5.10. The lowest BCUT2D eigenvalue weighted by Crippen LogP contribution is -2.38. The second-order valence-electron chi connectivity index (χ2n) is 6.58. The van der Waals surface area contributed by atoms with Crippen LogP contribution in [0.5, 0.6) is 0 Å². The van der Waals surface area contributed by atoms with Gasteiger partial charge in [0, 0.05) is 36.5 Å². The number of hydrazone groups is 1. The Bertz CT molecular complexity index is 1080. The Balaban J connectivity index is 1.48. The van der Waals surface area contributed by atoms with E-state index >= 15 is 0 Å². The molecule has 0 fully saturated rings. The predicted molar refractivity (Wildman–Crippen MR) is 105 cm³/mol. The summed E-state index contributed by atoms with van der Waals surface area (Å²) in [5.74, 6) is 0.0348. The van der Waals surface area contributed by atoms with Crippen LogP contribution in [0.3, 0.4) is 0 Å². The number of benzene rings is 1. The van der Waals surface area contributed by atoms with Crippen LogP contribution < -0.4 is 5.32 Å². The van der Waals surface area contributed by atoms with E-state index in [-0.39, 0.29) is 30.7 Å². The van der Waals surface area contributed by atoms with Crippen molar-refractivity contribution in [3.05, 3.63) is 60.2 Å². The summed E-state index contributed by atoms with van der Waals surface area (Å²) in [5.41, 5.74) is 2.87. The SMILES string of the molecule is Cc1cccc(NC(=O)CN2N=C(c3nc(-c4cccnc4)no3)CCC2=O)c1. The minimum absolute atomic E-state index is 0.195. The summed E-state index contributed by atoms with van der Waals surface area (Å²) in [6.45, 7) is 1.74. The van der Waals surface area contributed by atoms with Crippen LogP contribution in [-0.4, -0.2) is 44.2 Å².